The maximum Gasteiger partial charge on any atom is 0.262 e. The number of hydrazine groups is 1. The molecule has 2 N–H and O–H groups in total. The fourth-order valence-electron chi connectivity index (χ4n) is 7.17. The summed E-state index contributed by atoms with van der Waals surface area (Å²) in [4.78, 5) is 43.7. The molecule has 1 fully saturated rings. The van der Waals surface area contributed by atoms with Gasteiger partial charge in [-0.1, -0.05) is 86.2 Å². The summed E-state index contributed by atoms with van der Waals surface area (Å²) in [6.45, 7) is 8.78. The molecule has 1 aliphatic carbocycles. The first kappa shape index (κ1) is 28.8. The molecule has 3 aromatic carbocycles. The van der Waals surface area contributed by atoms with Gasteiger partial charge in [0.25, 0.3) is 11.8 Å². The van der Waals surface area contributed by atoms with Crippen LogP contribution in [-0.4, -0.2) is 51.7 Å². The van der Waals surface area contributed by atoms with Gasteiger partial charge >= 0.3 is 0 Å². The second-order valence-electron chi connectivity index (χ2n) is 13.3. The van der Waals surface area contributed by atoms with Crippen LogP contribution in [0.1, 0.15) is 77.9 Å². The van der Waals surface area contributed by atoms with E-state index in [9.17, 15) is 9.59 Å². The smallest absolute Gasteiger partial charge is 0.262 e. The first-order valence-electron chi connectivity index (χ1n) is 15.3. The maximum atomic E-state index is 13.6. The number of benzene rings is 3. The van der Waals surface area contributed by atoms with Crippen LogP contribution in [0.3, 0.4) is 0 Å². The number of hydrogen-bond donors (Lipinski definition) is 1. The molecule has 2 amide bonds. The van der Waals surface area contributed by atoms with Crippen LogP contribution in [0.15, 0.2) is 112 Å². The van der Waals surface area contributed by atoms with Gasteiger partial charge in [0.15, 0.2) is 6.17 Å². The predicted octanol–water partition coefficient (Wildman–Crippen LogP) is 6.16. The third-order valence-corrected chi connectivity index (χ3v) is 9.00. The van der Waals surface area contributed by atoms with Gasteiger partial charge in [-0.25, -0.2) is 5.84 Å². The average molecular weight is 597 g/mol. The molecule has 0 spiro atoms. The van der Waals surface area contributed by atoms with E-state index in [0.717, 1.165) is 39.4 Å². The Hall–Kier alpha value is -4.95. The lowest BCUT2D eigenvalue weighted by Crippen LogP contribution is -2.59. The Labute approximate surface area is 263 Å². The lowest BCUT2D eigenvalue weighted by molar-refractivity contribution is -0.0415. The highest BCUT2D eigenvalue weighted by Crippen LogP contribution is 2.58. The molecule has 3 aromatic rings. The number of nitrogens with two attached hydrogens (primary N) is 1. The van der Waals surface area contributed by atoms with E-state index >= 15 is 0 Å². The number of fused-ring (bicyclic) bond motifs is 2. The van der Waals surface area contributed by atoms with E-state index in [4.69, 9.17) is 15.8 Å². The van der Waals surface area contributed by atoms with Gasteiger partial charge in [-0.3, -0.25) is 34.5 Å². The van der Waals surface area contributed by atoms with E-state index in [1.165, 1.54) is 4.90 Å². The highest BCUT2D eigenvalue weighted by molar-refractivity contribution is 6.22. The number of amidine groups is 1. The Bertz CT molecular complexity index is 1830. The van der Waals surface area contributed by atoms with E-state index in [1.807, 2.05) is 92.7 Å². The van der Waals surface area contributed by atoms with Gasteiger partial charge in [0.05, 0.1) is 40.3 Å². The summed E-state index contributed by atoms with van der Waals surface area (Å²) in [6.07, 6.45) is 4.82. The molecular formula is C37H36N6O2. The number of allylic oxidation sites excluding steroid dienone is 2. The highest BCUT2D eigenvalue weighted by atomic mass is 16.2. The van der Waals surface area contributed by atoms with Gasteiger partial charge in [0.1, 0.15) is 5.84 Å². The van der Waals surface area contributed by atoms with Gasteiger partial charge in [-0.05, 0) is 67.5 Å². The standard InChI is InChI=1S/C37H36N6O2/c1-23(2)18-32-39-20-31-33(43(32)38)41-30(19-29(40-31)24-10-6-5-7-11-24)25-14-16-26(17-15-25)37(21-36(3,4)22-37)42-34(44)27-12-8-9-13-28(27)35(42)45/h5-19,33H,20-22,38H2,1-4H3. The molecule has 0 radical (unpaired) electrons. The monoisotopic (exact) mass is 596 g/mol. The van der Waals surface area contributed by atoms with Crippen LogP contribution in [0.4, 0.5) is 0 Å². The van der Waals surface area contributed by atoms with Crippen molar-refractivity contribution in [2.24, 2.45) is 26.2 Å². The average Bonchev–Trinajstić information content (AvgIpc) is 3.14. The molecule has 0 aromatic heterocycles. The normalized spacial score (nSPS) is 21.4. The molecule has 0 bridgehead atoms. The zero-order chi connectivity index (χ0) is 31.5. The minimum absolute atomic E-state index is 0.00342. The molecule has 0 saturated heterocycles. The number of amides is 2. The Morgan fingerprint density at radius 3 is 2.09 bits per heavy atom. The number of carbonyl (C=O) groups excluding carboxylic acids is 2. The van der Waals surface area contributed by atoms with Crippen LogP contribution in [0.5, 0.6) is 0 Å². The third kappa shape index (κ3) is 4.86. The Balaban J connectivity index is 1.29. The fourth-order valence-corrected chi connectivity index (χ4v) is 7.17. The molecule has 8 heteroatoms. The Morgan fingerprint density at radius 1 is 0.867 bits per heavy atom. The van der Waals surface area contributed by atoms with Gasteiger partial charge in [0.2, 0.25) is 0 Å². The van der Waals surface area contributed by atoms with Gasteiger partial charge in [-0.2, -0.15) is 0 Å². The van der Waals surface area contributed by atoms with Crippen LogP contribution >= 0.6 is 0 Å². The summed E-state index contributed by atoms with van der Waals surface area (Å²) in [5.41, 5.74) is 6.41. The lowest BCUT2D eigenvalue weighted by Gasteiger charge is -2.57. The van der Waals surface area contributed by atoms with Crippen LogP contribution in [0, 0.1) is 5.41 Å². The third-order valence-electron chi connectivity index (χ3n) is 9.00. The zero-order valence-electron chi connectivity index (χ0n) is 26.0. The van der Waals surface area contributed by atoms with Crippen molar-refractivity contribution in [1.29, 1.82) is 0 Å². The van der Waals surface area contributed by atoms with Gasteiger partial charge in [0, 0.05) is 5.56 Å². The van der Waals surface area contributed by atoms with E-state index in [2.05, 4.69) is 18.8 Å². The number of carbonyl (C=O) groups is 2. The first-order chi connectivity index (χ1) is 21.6. The van der Waals surface area contributed by atoms with E-state index in [0.29, 0.717) is 36.3 Å². The highest BCUT2D eigenvalue weighted by Gasteiger charge is 2.59. The molecule has 3 heterocycles. The van der Waals surface area contributed by atoms with Crippen LogP contribution in [0.2, 0.25) is 0 Å². The summed E-state index contributed by atoms with van der Waals surface area (Å²) in [5, 5.41) is 1.58. The molecular weight excluding hydrogens is 560 g/mol. The number of aliphatic imine (C=N–C) groups is 3. The quantitative estimate of drug-likeness (QED) is 0.281. The molecule has 226 valence electrons. The Kier molecular flexibility index (Phi) is 6.78. The summed E-state index contributed by atoms with van der Waals surface area (Å²) in [7, 11) is 0. The summed E-state index contributed by atoms with van der Waals surface area (Å²) < 4.78 is 0. The molecule has 3 aliphatic heterocycles. The van der Waals surface area contributed by atoms with Crippen molar-refractivity contribution in [2.75, 3.05) is 6.54 Å². The van der Waals surface area contributed by atoms with E-state index < -0.39 is 11.7 Å². The predicted molar refractivity (Wildman–Crippen MR) is 178 cm³/mol. The lowest BCUT2D eigenvalue weighted by atomic mass is 9.56. The van der Waals surface area contributed by atoms with E-state index in [-0.39, 0.29) is 17.2 Å². The van der Waals surface area contributed by atoms with Crippen molar-refractivity contribution in [3.63, 3.8) is 0 Å². The van der Waals surface area contributed by atoms with Crippen molar-refractivity contribution in [1.82, 2.24) is 9.91 Å². The topological polar surface area (TPSA) is 104 Å². The first-order valence-corrected chi connectivity index (χ1v) is 15.3. The van der Waals surface area contributed by atoms with Crippen molar-refractivity contribution in [3.05, 3.63) is 124 Å². The molecule has 7 rings (SSSR count). The van der Waals surface area contributed by atoms with Crippen LogP contribution in [0.25, 0.3) is 5.70 Å². The molecule has 8 nitrogen and oxygen atoms in total. The maximum absolute atomic E-state index is 13.6. The molecule has 4 aliphatic rings. The van der Waals surface area contributed by atoms with Crippen molar-refractivity contribution in [3.8, 4) is 0 Å². The number of hydrogen-bond acceptors (Lipinski definition) is 7. The number of imide groups is 1. The van der Waals surface area contributed by atoms with Gasteiger partial charge < -0.3 is 0 Å². The van der Waals surface area contributed by atoms with Crippen LogP contribution in [-0.2, 0) is 5.54 Å². The second kappa shape index (κ2) is 10.6. The molecule has 1 saturated carbocycles. The number of nitrogens with zero attached hydrogens (tertiary/aromatic N) is 5. The largest absolute Gasteiger partial charge is 0.269 e. The number of rotatable bonds is 5. The molecule has 1 unspecified atom stereocenters. The molecule has 1 atom stereocenters. The molecule has 45 heavy (non-hydrogen) atoms. The van der Waals surface area contributed by atoms with Crippen molar-refractivity contribution in [2.45, 2.75) is 52.2 Å². The van der Waals surface area contributed by atoms with Crippen molar-refractivity contribution >= 4 is 34.8 Å². The minimum Gasteiger partial charge on any atom is -0.269 e. The summed E-state index contributed by atoms with van der Waals surface area (Å²) in [6, 6.07) is 25.3. The van der Waals surface area contributed by atoms with Crippen molar-refractivity contribution < 1.29 is 9.59 Å². The van der Waals surface area contributed by atoms with E-state index in [1.54, 1.807) is 17.1 Å². The summed E-state index contributed by atoms with van der Waals surface area (Å²) in [5.74, 6) is 6.83. The summed E-state index contributed by atoms with van der Waals surface area (Å²) >= 11 is 0. The fraction of sp³-hybridized carbons (Fsp3) is 0.270. The SMILES string of the molecule is CC(C)=CC1=NCC2=NC(c3ccccc3)=CC(c3ccc(C4(N5C(=O)c6ccccc6C5=O)CC(C)(C)C4)cc3)=NC2N1N. The zero-order valence-corrected chi connectivity index (χ0v) is 26.0. The van der Waals surface area contributed by atoms with Crippen LogP contribution < -0.4 is 5.84 Å². The minimum atomic E-state index is -0.713. The second-order valence-corrected chi connectivity index (χ2v) is 13.3. The Morgan fingerprint density at radius 2 is 1.49 bits per heavy atom. The van der Waals surface area contributed by atoms with Gasteiger partial charge in [-0.15, -0.1) is 0 Å².